The van der Waals surface area contributed by atoms with E-state index in [1.54, 1.807) is 12.3 Å². The van der Waals surface area contributed by atoms with E-state index in [1.165, 1.54) is 6.20 Å². The number of nitrogens with zero attached hydrogens (tertiary/aromatic N) is 2. The monoisotopic (exact) mass is 393 g/mol. The number of carbonyl (C=O) groups is 1. The fourth-order valence-electron chi connectivity index (χ4n) is 3.04. The van der Waals surface area contributed by atoms with E-state index < -0.39 is 9.84 Å². The number of anilines is 1. The number of amides is 1. The third-order valence-corrected chi connectivity index (χ3v) is 5.31. The second-order valence-corrected chi connectivity index (χ2v) is 8.95. The Balaban J connectivity index is 0.00000312. The summed E-state index contributed by atoms with van der Waals surface area (Å²) in [6.45, 7) is 5.25. The zero-order valence-electron chi connectivity index (χ0n) is 14.6. The molecule has 2 rings (SSSR count). The van der Waals surface area contributed by atoms with E-state index >= 15 is 0 Å². The number of halogens is 2. The molecule has 9 heteroatoms. The van der Waals surface area contributed by atoms with Gasteiger partial charge in [-0.3, -0.25) is 9.78 Å². The zero-order valence-corrected chi connectivity index (χ0v) is 16.2. The number of hydrogen-bond acceptors (Lipinski definition) is 5. The Morgan fingerprint density at radius 2 is 2.12 bits per heavy atom. The van der Waals surface area contributed by atoms with Gasteiger partial charge in [-0.1, -0.05) is 13.8 Å². The Labute approximate surface area is 154 Å². The van der Waals surface area contributed by atoms with Crippen molar-refractivity contribution < 1.29 is 17.6 Å². The number of carbonyl (C=O) groups excluding carboxylic acids is 1. The van der Waals surface area contributed by atoms with Crippen LogP contribution in [0.2, 0.25) is 0 Å². The Hall–Kier alpha value is -1.41. The predicted octanol–water partition coefficient (Wildman–Crippen LogP) is 1.65. The van der Waals surface area contributed by atoms with Crippen LogP contribution in [0.4, 0.5) is 10.1 Å². The van der Waals surface area contributed by atoms with Crippen LogP contribution in [0.1, 0.15) is 20.3 Å². The first-order chi connectivity index (χ1) is 11.2. The van der Waals surface area contributed by atoms with Crippen LogP contribution in [-0.4, -0.2) is 50.4 Å². The van der Waals surface area contributed by atoms with Gasteiger partial charge in [0.25, 0.3) is 0 Å². The summed E-state index contributed by atoms with van der Waals surface area (Å²) < 4.78 is 36.3. The van der Waals surface area contributed by atoms with Crippen molar-refractivity contribution in [2.24, 2.45) is 11.8 Å². The summed E-state index contributed by atoms with van der Waals surface area (Å²) in [7, 11) is -3.17. The molecule has 1 N–H and O–H groups in total. The first kappa shape index (κ1) is 21.6. The highest BCUT2D eigenvalue weighted by Gasteiger charge is 2.36. The zero-order chi connectivity index (χ0) is 17.9. The lowest BCUT2D eigenvalue weighted by Crippen LogP contribution is -2.42. The van der Waals surface area contributed by atoms with Gasteiger partial charge in [-0.15, -0.1) is 12.4 Å². The molecular weight excluding hydrogens is 369 g/mol. The van der Waals surface area contributed by atoms with E-state index in [0.717, 1.165) is 6.26 Å². The number of rotatable bonds is 6. The molecule has 0 radical (unpaired) electrons. The molecular formula is C16H25ClFN3O3S. The van der Waals surface area contributed by atoms with E-state index in [-0.39, 0.29) is 48.3 Å². The minimum absolute atomic E-state index is 0. The van der Waals surface area contributed by atoms with Gasteiger partial charge < -0.3 is 10.2 Å². The first-order valence-electron chi connectivity index (χ1n) is 7.99. The molecule has 1 aromatic heterocycles. The van der Waals surface area contributed by atoms with E-state index in [1.807, 2.05) is 4.90 Å². The van der Waals surface area contributed by atoms with Crippen LogP contribution in [-0.2, 0) is 14.6 Å². The summed E-state index contributed by atoms with van der Waals surface area (Å²) in [4.78, 5) is 17.7. The van der Waals surface area contributed by atoms with Crippen molar-refractivity contribution in [1.29, 1.82) is 0 Å². The number of sulfone groups is 1. The third-order valence-electron chi connectivity index (χ3n) is 4.36. The molecule has 0 saturated carbocycles. The highest BCUT2D eigenvalue weighted by molar-refractivity contribution is 7.90. The normalized spacial score (nSPS) is 20.4. The van der Waals surface area contributed by atoms with Crippen molar-refractivity contribution in [3.05, 3.63) is 24.3 Å². The van der Waals surface area contributed by atoms with Gasteiger partial charge in [-0.05, 0) is 12.0 Å². The molecule has 0 spiro atoms. The molecule has 0 aliphatic carbocycles. The molecule has 1 aliphatic rings. The average Bonchev–Trinajstić information content (AvgIpc) is 2.89. The molecule has 25 heavy (non-hydrogen) atoms. The van der Waals surface area contributed by atoms with Gasteiger partial charge in [0.2, 0.25) is 5.91 Å². The minimum Gasteiger partial charge on any atom is -0.367 e. The molecule has 2 atom stereocenters. The van der Waals surface area contributed by atoms with Crippen LogP contribution in [0.5, 0.6) is 0 Å². The van der Waals surface area contributed by atoms with Gasteiger partial charge in [0.05, 0.1) is 23.7 Å². The van der Waals surface area contributed by atoms with Crippen molar-refractivity contribution in [2.45, 2.75) is 26.3 Å². The standard InChI is InChI=1S/C16H24FN3O3S.ClH/c1-11(2)12-9-20(15-4-6-18-8-13(15)17)10-14(12)19-16(21)5-7-24(3,22)23;/h4,6,8,11-12,14H,5,7,9-10H2,1-3H3,(H,19,21);1H/t12-,14+;/m1./s1. The molecule has 6 nitrogen and oxygen atoms in total. The summed E-state index contributed by atoms with van der Waals surface area (Å²) in [6, 6.07) is 1.49. The lowest BCUT2D eigenvalue weighted by Gasteiger charge is -2.22. The van der Waals surface area contributed by atoms with Gasteiger partial charge >= 0.3 is 0 Å². The molecule has 142 valence electrons. The molecule has 1 fully saturated rings. The second-order valence-electron chi connectivity index (χ2n) is 6.69. The van der Waals surface area contributed by atoms with E-state index in [0.29, 0.717) is 24.7 Å². The fourth-order valence-corrected chi connectivity index (χ4v) is 3.59. The van der Waals surface area contributed by atoms with Crippen LogP contribution in [0, 0.1) is 17.7 Å². The maximum Gasteiger partial charge on any atom is 0.221 e. The topological polar surface area (TPSA) is 79.4 Å². The van der Waals surface area contributed by atoms with Crippen LogP contribution < -0.4 is 10.2 Å². The quantitative estimate of drug-likeness (QED) is 0.795. The molecule has 1 amide bonds. The highest BCUT2D eigenvalue weighted by atomic mass is 35.5. The molecule has 0 aromatic carbocycles. The summed E-state index contributed by atoms with van der Waals surface area (Å²) in [5.74, 6) is -0.363. The van der Waals surface area contributed by atoms with Crippen LogP contribution in [0.15, 0.2) is 18.5 Å². The van der Waals surface area contributed by atoms with Crippen LogP contribution >= 0.6 is 12.4 Å². The summed E-state index contributed by atoms with van der Waals surface area (Å²) >= 11 is 0. The van der Waals surface area contributed by atoms with Crippen LogP contribution in [0.25, 0.3) is 0 Å². The van der Waals surface area contributed by atoms with Crippen molar-refractivity contribution in [3.8, 4) is 0 Å². The Morgan fingerprint density at radius 3 is 2.68 bits per heavy atom. The van der Waals surface area contributed by atoms with Crippen molar-refractivity contribution in [2.75, 3.05) is 30.0 Å². The van der Waals surface area contributed by atoms with Crippen molar-refractivity contribution >= 4 is 33.8 Å². The maximum atomic E-state index is 14.0. The van der Waals surface area contributed by atoms with Crippen molar-refractivity contribution in [3.63, 3.8) is 0 Å². The predicted molar refractivity (Wildman–Crippen MR) is 98.2 cm³/mol. The molecule has 1 aliphatic heterocycles. The molecule has 1 saturated heterocycles. The summed E-state index contributed by atoms with van der Waals surface area (Å²) in [5.41, 5.74) is 0.475. The van der Waals surface area contributed by atoms with Crippen molar-refractivity contribution in [1.82, 2.24) is 10.3 Å². The largest absolute Gasteiger partial charge is 0.367 e. The minimum atomic E-state index is -3.17. The number of hydrogen-bond donors (Lipinski definition) is 1. The lowest BCUT2D eigenvalue weighted by molar-refractivity contribution is -0.121. The Morgan fingerprint density at radius 1 is 1.44 bits per heavy atom. The molecule has 0 bridgehead atoms. The molecule has 1 aromatic rings. The first-order valence-corrected chi connectivity index (χ1v) is 10.0. The van der Waals surface area contributed by atoms with Gasteiger partial charge in [-0.2, -0.15) is 0 Å². The number of pyridine rings is 1. The molecule has 2 heterocycles. The number of nitrogens with one attached hydrogen (secondary N) is 1. The van der Waals surface area contributed by atoms with Gasteiger partial charge in [0.15, 0.2) is 5.82 Å². The molecule has 0 unspecified atom stereocenters. The van der Waals surface area contributed by atoms with E-state index in [4.69, 9.17) is 0 Å². The lowest BCUT2D eigenvalue weighted by atomic mass is 9.91. The Bertz CT molecular complexity index is 700. The highest BCUT2D eigenvalue weighted by Crippen LogP contribution is 2.30. The fraction of sp³-hybridized carbons (Fsp3) is 0.625. The van der Waals surface area contributed by atoms with Gasteiger partial charge in [0, 0.05) is 37.9 Å². The Kier molecular flexibility index (Phi) is 7.62. The summed E-state index contributed by atoms with van der Waals surface area (Å²) in [6.07, 6.45) is 3.78. The van der Waals surface area contributed by atoms with E-state index in [9.17, 15) is 17.6 Å². The third kappa shape index (κ3) is 6.11. The maximum absolute atomic E-state index is 14.0. The summed E-state index contributed by atoms with van der Waals surface area (Å²) in [5, 5.41) is 2.92. The SMILES string of the molecule is CC(C)[C@H]1CN(c2ccncc2F)C[C@@H]1NC(=O)CCS(C)(=O)=O.Cl. The van der Waals surface area contributed by atoms with Gasteiger partial charge in [0.1, 0.15) is 9.84 Å². The smallest absolute Gasteiger partial charge is 0.221 e. The number of aromatic nitrogens is 1. The van der Waals surface area contributed by atoms with Crippen LogP contribution in [0.3, 0.4) is 0 Å². The van der Waals surface area contributed by atoms with E-state index in [2.05, 4.69) is 24.1 Å². The second kappa shape index (κ2) is 8.80. The average molecular weight is 394 g/mol. The van der Waals surface area contributed by atoms with Gasteiger partial charge in [-0.25, -0.2) is 12.8 Å².